The number of thiazole rings is 1. The Hall–Kier alpha value is -4.11. The second-order valence-corrected chi connectivity index (χ2v) is 14.0. The number of nitrogens with zero attached hydrogens (tertiary/aromatic N) is 5. The molecule has 1 aliphatic heterocycles. The first-order chi connectivity index (χ1) is 21.4. The van der Waals surface area contributed by atoms with Gasteiger partial charge in [0.2, 0.25) is 15.9 Å². The van der Waals surface area contributed by atoms with Gasteiger partial charge < -0.3 is 10.6 Å². The number of aromatic nitrogens is 4. The van der Waals surface area contributed by atoms with E-state index in [1.54, 1.807) is 4.57 Å². The maximum Gasteiger partial charge on any atom is 0.251 e. The van der Waals surface area contributed by atoms with E-state index < -0.39 is 10.0 Å². The van der Waals surface area contributed by atoms with Crippen molar-refractivity contribution in [2.45, 2.75) is 35.9 Å². The Balaban J connectivity index is 1.12. The summed E-state index contributed by atoms with van der Waals surface area (Å²) < 4.78 is 30.2. The van der Waals surface area contributed by atoms with Crippen LogP contribution in [0.1, 0.15) is 35.4 Å². The van der Waals surface area contributed by atoms with Crippen molar-refractivity contribution in [1.82, 2.24) is 29.4 Å². The van der Waals surface area contributed by atoms with E-state index in [4.69, 9.17) is 0 Å². The maximum atomic E-state index is 13.0. The minimum atomic E-state index is -3.58. The minimum absolute atomic E-state index is 0.0625. The summed E-state index contributed by atoms with van der Waals surface area (Å²) in [6, 6.07) is 23.1. The van der Waals surface area contributed by atoms with Crippen LogP contribution in [0.5, 0.6) is 0 Å². The monoisotopic (exact) mass is 647 g/mol. The van der Waals surface area contributed by atoms with Crippen LogP contribution in [0.25, 0.3) is 15.9 Å². The molecule has 2 amide bonds. The Morgan fingerprint density at radius 1 is 0.886 bits per heavy atom. The number of anilines is 1. The molecule has 226 valence electrons. The number of piperidine rings is 1. The summed E-state index contributed by atoms with van der Waals surface area (Å²) in [4.78, 5) is 30.4. The van der Waals surface area contributed by atoms with Crippen molar-refractivity contribution in [3.05, 3.63) is 90.3 Å². The molecule has 0 spiro atoms. The normalized spacial score (nSPS) is 14.0. The molecule has 14 heteroatoms. The molecule has 2 aromatic heterocycles. The van der Waals surface area contributed by atoms with Crippen molar-refractivity contribution < 1.29 is 18.0 Å². The Kier molecular flexibility index (Phi) is 9.02. The molecule has 0 aliphatic carbocycles. The minimum Gasteiger partial charge on any atom is -0.345 e. The van der Waals surface area contributed by atoms with Gasteiger partial charge in [0, 0.05) is 24.3 Å². The summed E-state index contributed by atoms with van der Waals surface area (Å²) in [5, 5.41) is 15.3. The van der Waals surface area contributed by atoms with Crippen LogP contribution in [-0.2, 0) is 21.4 Å². The van der Waals surface area contributed by atoms with Gasteiger partial charge in [0.1, 0.15) is 0 Å². The Morgan fingerprint density at radius 3 is 2.36 bits per heavy atom. The number of hydrogen-bond acceptors (Lipinski definition) is 9. The molecule has 1 aliphatic rings. The number of thioether (sulfide) groups is 1. The van der Waals surface area contributed by atoms with Gasteiger partial charge in [-0.1, -0.05) is 59.9 Å². The number of carbonyl (C=O) groups excluding carboxylic acids is 2. The van der Waals surface area contributed by atoms with Crippen LogP contribution in [0.4, 0.5) is 5.13 Å². The molecule has 1 fully saturated rings. The first-order valence-corrected chi connectivity index (χ1v) is 17.3. The number of hydrogen-bond donors (Lipinski definition) is 2. The quantitative estimate of drug-likeness (QED) is 0.208. The molecule has 0 atom stereocenters. The molecule has 0 radical (unpaired) electrons. The van der Waals surface area contributed by atoms with E-state index in [-0.39, 0.29) is 29.0 Å². The standard InChI is InChI=1S/C30H29N7O4S3/c38-27(33-29-32-24-11-5-6-12-25(24)43-29)20-42-30-35-34-26(37(30)22-9-3-1-4-10-22)19-31-28(39)21-13-15-23(16-14-21)44(40,41)36-17-7-2-8-18-36/h1,3-6,9-16H,2,7-8,17-20H2,(H,31,39)(H,32,33,38). The Bertz CT molecular complexity index is 1850. The van der Waals surface area contributed by atoms with Gasteiger partial charge in [0.25, 0.3) is 5.91 Å². The average Bonchev–Trinajstić information content (AvgIpc) is 3.66. The predicted molar refractivity (Wildman–Crippen MR) is 171 cm³/mol. The predicted octanol–water partition coefficient (Wildman–Crippen LogP) is 4.71. The van der Waals surface area contributed by atoms with Gasteiger partial charge in [-0.2, -0.15) is 4.31 Å². The van der Waals surface area contributed by atoms with Crippen molar-refractivity contribution in [3.8, 4) is 5.69 Å². The molecule has 2 N–H and O–H groups in total. The Morgan fingerprint density at radius 2 is 1.61 bits per heavy atom. The molecular formula is C30H29N7O4S3. The van der Waals surface area contributed by atoms with Gasteiger partial charge in [-0.3, -0.25) is 14.2 Å². The smallest absolute Gasteiger partial charge is 0.251 e. The molecule has 6 rings (SSSR count). The van der Waals surface area contributed by atoms with Gasteiger partial charge in [-0.15, -0.1) is 10.2 Å². The third kappa shape index (κ3) is 6.68. The van der Waals surface area contributed by atoms with E-state index in [2.05, 4.69) is 25.8 Å². The van der Waals surface area contributed by atoms with Crippen LogP contribution in [0.3, 0.4) is 0 Å². The number of amides is 2. The lowest BCUT2D eigenvalue weighted by Crippen LogP contribution is -2.35. The van der Waals surface area contributed by atoms with Crippen molar-refractivity contribution in [3.63, 3.8) is 0 Å². The fourth-order valence-corrected chi connectivity index (χ4v) is 8.02. The van der Waals surface area contributed by atoms with Crippen LogP contribution in [0.15, 0.2) is 88.9 Å². The molecular weight excluding hydrogens is 619 g/mol. The lowest BCUT2D eigenvalue weighted by molar-refractivity contribution is -0.113. The van der Waals surface area contributed by atoms with E-state index in [0.717, 1.165) is 35.2 Å². The lowest BCUT2D eigenvalue weighted by atomic mass is 10.2. The molecule has 5 aromatic rings. The third-order valence-corrected chi connectivity index (χ3v) is 10.9. The highest BCUT2D eigenvalue weighted by Crippen LogP contribution is 2.27. The summed E-state index contributed by atoms with van der Waals surface area (Å²) in [5.41, 5.74) is 1.94. The molecule has 11 nitrogen and oxygen atoms in total. The van der Waals surface area contributed by atoms with E-state index in [1.165, 1.54) is 51.7 Å². The summed E-state index contributed by atoms with van der Waals surface area (Å²) in [6.07, 6.45) is 2.74. The summed E-state index contributed by atoms with van der Waals surface area (Å²) in [5.74, 6) is -0.0425. The number of rotatable bonds is 10. The van der Waals surface area contributed by atoms with Crippen LogP contribution in [0.2, 0.25) is 0 Å². The highest BCUT2D eigenvalue weighted by Gasteiger charge is 2.26. The van der Waals surface area contributed by atoms with Gasteiger partial charge in [0.05, 0.1) is 27.4 Å². The highest BCUT2D eigenvalue weighted by atomic mass is 32.2. The van der Waals surface area contributed by atoms with E-state index in [1.807, 2.05) is 54.6 Å². The maximum absolute atomic E-state index is 13.0. The molecule has 3 heterocycles. The van der Waals surface area contributed by atoms with Crippen molar-refractivity contribution >= 4 is 60.3 Å². The van der Waals surface area contributed by atoms with Gasteiger partial charge in [-0.25, -0.2) is 13.4 Å². The number of sulfonamides is 1. The molecule has 44 heavy (non-hydrogen) atoms. The fraction of sp³-hybridized carbons (Fsp3) is 0.233. The zero-order valence-electron chi connectivity index (χ0n) is 23.5. The van der Waals surface area contributed by atoms with E-state index in [0.29, 0.717) is 34.8 Å². The highest BCUT2D eigenvalue weighted by molar-refractivity contribution is 7.99. The SMILES string of the molecule is O=C(CSc1nnc(CNC(=O)c2ccc(S(=O)(=O)N3CCCCC3)cc2)n1-c1ccccc1)Nc1nc2ccccc2s1. The number of para-hydroxylation sites is 2. The largest absolute Gasteiger partial charge is 0.345 e. The molecule has 0 unspecified atom stereocenters. The summed E-state index contributed by atoms with van der Waals surface area (Å²) in [6.45, 7) is 1.09. The zero-order chi connectivity index (χ0) is 30.5. The average molecular weight is 648 g/mol. The number of benzene rings is 3. The zero-order valence-corrected chi connectivity index (χ0v) is 26.0. The molecule has 0 saturated carbocycles. The van der Waals surface area contributed by atoms with Gasteiger partial charge >= 0.3 is 0 Å². The van der Waals surface area contributed by atoms with Crippen LogP contribution in [0, 0.1) is 0 Å². The second kappa shape index (κ2) is 13.3. The fourth-order valence-electron chi connectivity index (χ4n) is 4.85. The van der Waals surface area contributed by atoms with Gasteiger partial charge in [0.15, 0.2) is 16.1 Å². The van der Waals surface area contributed by atoms with Crippen LogP contribution in [-0.4, -0.2) is 63.1 Å². The van der Waals surface area contributed by atoms with E-state index >= 15 is 0 Å². The molecule has 3 aromatic carbocycles. The summed E-state index contributed by atoms with van der Waals surface area (Å²) >= 11 is 2.63. The van der Waals surface area contributed by atoms with Crippen molar-refractivity contribution in [2.75, 3.05) is 24.2 Å². The van der Waals surface area contributed by atoms with E-state index in [9.17, 15) is 18.0 Å². The molecule has 1 saturated heterocycles. The van der Waals surface area contributed by atoms with Crippen molar-refractivity contribution in [1.29, 1.82) is 0 Å². The second-order valence-electron chi connectivity index (χ2n) is 10.1. The number of fused-ring (bicyclic) bond motifs is 1. The topological polar surface area (TPSA) is 139 Å². The number of nitrogens with one attached hydrogen (secondary N) is 2. The Labute approximate surface area is 262 Å². The van der Waals surface area contributed by atoms with Crippen LogP contribution >= 0.6 is 23.1 Å². The third-order valence-electron chi connectivity index (χ3n) is 7.06. The lowest BCUT2D eigenvalue weighted by Gasteiger charge is -2.25. The first kappa shape index (κ1) is 29.9. The first-order valence-electron chi connectivity index (χ1n) is 14.0. The van der Waals surface area contributed by atoms with Crippen LogP contribution < -0.4 is 10.6 Å². The number of carbonyl (C=O) groups is 2. The van der Waals surface area contributed by atoms with Gasteiger partial charge in [-0.05, 0) is 61.4 Å². The molecule has 0 bridgehead atoms. The van der Waals surface area contributed by atoms with Crippen molar-refractivity contribution in [2.24, 2.45) is 0 Å². The summed E-state index contributed by atoms with van der Waals surface area (Å²) in [7, 11) is -3.58.